The van der Waals surface area contributed by atoms with E-state index >= 15 is 0 Å². The zero-order chi connectivity index (χ0) is 15.3. The third-order valence-corrected chi connectivity index (χ3v) is 4.32. The molecule has 0 aliphatic heterocycles. The Morgan fingerprint density at radius 2 is 1.90 bits per heavy atom. The summed E-state index contributed by atoms with van der Waals surface area (Å²) in [5.74, 6) is 0.738. The van der Waals surface area contributed by atoms with E-state index in [-0.39, 0.29) is 5.91 Å². The van der Waals surface area contributed by atoms with Crippen molar-refractivity contribution >= 4 is 11.6 Å². The number of nitrogens with one attached hydrogen (secondary N) is 1. The molecule has 1 aliphatic rings. The third-order valence-electron chi connectivity index (χ3n) is 4.32. The first-order chi connectivity index (χ1) is 10.1. The number of amides is 1. The molecule has 1 aromatic rings. The molecule has 1 N–H and O–H groups in total. The van der Waals surface area contributed by atoms with E-state index in [1.54, 1.807) is 14.0 Å². The van der Waals surface area contributed by atoms with Crippen molar-refractivity contribution in [3.63, 3.8) is 0 Å². The van der Waals surface area contributed by atoms with Gasteiger partial charge in [0.25, 0.3) is 5.91 Å². The average molecular weight is 291 g/mol. The van der Waals surface area contributed by atoms with Gasteiger partial charge in [-0.2, -0.15) is 0 Å². The number of hydrogen-bond acceptors (Lipinski definition) is 3. The largest absolute Gasteiger partial charge is 0.490 e. The van der Waals surface area contributed by atoms with Crippen LogP contribution in [-0.4, -0.2) is 24.7 Å². The van der Waals surface area contributed by atoms with Crippen LogP contribution in [0.2, 0.25) is 0 Å². The molecule has 0 bridgehead atoms. The van der Waals surface area contributed by atoms with Crippen LogP contribution in [-0.2, 0) is 9.53 Å². The Morgan fingerprint density at radius 3 is 2.43 bits per heavy atom. The van der Waals surface area contributed by atoms with Gasteiger partial charge in [-0.1, -0.05) is 6.92 Å². The molecule has 0 spiro atoms. The Balaban J connectivity index is 1.94. The van der Waals surface area contributed by atoms with Gasteiger partial charge in [0.1, 0.15) is 11.4 Å². The highest BCUT2D eigenvalue weighted by Crippen LogP contribution is 2.25. The van der Waals surface area contributed by atoms with E-state index < -0.39 is 5.60 Å². The number of carbonyl (C=O) groups excluding carboxylic acids is 1. The van der Waals surface area contributed by atoms with Gasteiger partial charge in [-0.25, -0.2) is 0 Å². The second-order valence-corrected chi connectivity index (χ2v) is 5.79. The van der Waals surface area contributed by atoms with Gasteiger partial charge in [-0.15, -0.1) is 0 Å². The second kappa shape index (κ2) is 6.94. The highest BCUT2D eigenvalue weighted by atomic mass is 16.5. The maximum Gasteiger partial charge on any atom is 0.256 e. The molecule has 1 fully saturated rings. The molecular formula is C17H25NO3. The van der Waals surface area contributed by atoms with Crippen molar-refractivity contribution in [3.05, 3.63) is 24.3 Å². The lowest BCUT2D eigenvalue weighted by Gasteiger charge is -2.25. The van der Waals surface area contributed by atoms with Gasteiger partial charge in [0, 0.05) is 12.8 Å². The lowest BCUT2D eigenvalue weighted by Crippen LogP contribution is -2.41. The summed E-state index contributed by atoms with van der Waals surface area (Å²) in [6.45, 7) is 3.72. The molecule has 116 valence electrons. The van der Waals surface area contributed by atoms with E-state index in [2.05, 4.69) is 5.32 Å². The van der Waals surface area contributed by atoms with Gasteiger partial charge in [0.15, 0.2) is 0 Å². The summed E-state index contributed by atoms with van der Waals surface area (Å²) >= 11 is 0. The molecule has 0 heterocycles. The first-order valence-electron chi connectivity index (χ1n) is 7.70. The smallest absolute Gasteiger partial charge is 0.256 e. The fourth-order valence-electron chi connectivity index (χ4n) is 2.48. The summed E-state index contributed by atoms with van der Waals surface area (Å²) in [5.41, 5.74) is -0.0329. The maximum absolute atomic E-state index is 12.2. The molecule has 1 aliphatic carbocycles. The molecule has 4 nitrogen and oxygen atoms in total. The predicted molar refractivity (Wildman–Crippen MR) is 83.7 cm³/mol. The molecule has 1 saturated carbocycles. The van der Waals surface area contributed by atoms with Gasteiger partial charge >= 0.3 is 0 Å². The number of benzene rings is 1. The van der Waals surface area contributed by atoms with Crippen molar-refractivity contribution in [2.45, 2.75) is 57.7 Å². The highest BCUT2D eigenvalue weighted by molar-refractivity contribution is 5.97. The van der Waals surface area contributed by atoms with Crippen LogP contribution in [0.4, 0.5) is 5.69 Å². The lowest BCUT2D eigenvalue weighted by atomic mass is 10.0. The van der Waals surface area contributed by atoms with Gasteiger partial charge in [0.05, 0.1) is 6.10 Å². The number of carbonyl (C=O) groups is 1. The molecular weight excluding hydrogens is 266 g/mol. The van der Waals surface area contributed by atoms with Crippen molar-refractivity contribution in [1.82, 2.24) is 0 Å². The normalized spacial score (nSPS) is 18.2. The standard InChI is InChI=1S/C17H25NO3/c1-4-17(2,20-3)16(19)18-13-9-11-15(12-10-13)21-14-7-5-6-8-14/h9-12,14H,4-8H2,1-3H3,(H,18,19). The van der Waals surface area contributed by atoms with Crippen LogP contribution in [0.15, 0.2) is 24.3 Å². The summed E-state index contributed by atoms with van der Waals surface area (Å²) < 4.78 is 11.2. The second-order valence-electron chi connectivity index (χ2n) is 5.79. The van der Waals surface area contributed by atoms with Crippen LogP contribution in [0.5, 0.6) is 5.75 Å². The van der Waals surface area contributed by atoms with Crippen molar-refractivity contribution < 1.29 is 14.3 Å². The van der Waals surface area contributed by atoms with Crippen molar-refractivity contribution in [2.75, 3.05) is 12.4 Å². The van der Waals surface area contributed by atoms with Crippen LogP contribution < -0.4 is 10.1 Å². The molecule has 0 aromatic heterocycles. The Bertz CT molecular complexity index is 459. The van der Waals surface area contributed by atoms with Crippen molar-refractivity contribution in [2.24, 2.45) is 0 Å². The number of anilines is 1. The Labute approximate surface area is 126 Å². The van der Waals surface area contributed by atoms with Crippen LogP contribution in [0.3, 0.4) is 0 Å². The molecule has 1 aromatic carbocycles. The Morgan fingerprint density at radius 1 is 1.29 bits per heavy atom. The van der Waals surface area contributed by atoms with Gasteiger partial charge in [-0.05, 0) is 63.3 Å². The SMILES string of the molecule is CCC(C)(OC)C(=O)Nc1ccc(OC2CCCC2)cc1. The Kier molecular flexibility index (Phi) is 5.23. The molecule has 2 rings (SSSR count). The number of ether oxygens (including phenoxy) is 2. The minimum absolute atomic E-state index is 0.128. The van der Waals surface area contributed by atoms with E-state index in [0.29, 0.717) is 12.5 Å². The quantitative estimate of drug-likeness (QED) is 0.868. The van der Waals surface area contributed by atoms with E-state index in [1.807, 2.05) is 31.2 Å². The van der Waals surface area contributed by atoms with Crippen LogP contribution >= 0.6 is 0 Å². The summed E-state index contributed by atoms with van der Waals surface area (Å²) in [7, 11) is 1.56. The zero-order valence-corrected chi connectivity index (χ0v) is 13.1. The van der Waals surface area contributed by atoms with E-state index in [4.69, 9.17) is 9.47 Å². The van der Waals surface area contributed by atoms with E-state index in [9.17, 15) is 4.79 Å². The number of hydrogen-bond donors (Lipinski definition) is 1. The van der Waals surface area contributed by atoms with Crippen molar-refractivity contribution in [1.29, 1.82) is 0 Å². The number of rotatable bonds is 6. The monoisotopic (exact) mass is 291 g/mol. The maximum atomic E-state index is 12.2. The first kappa shape index (κ1) is 15.8. The predicted octanol–water partition coefficient (Wildman–Crippen LogP) is 3.76. The van der Waals surface area contributed by atoms with E-state index in [1.165, 1.54) is 12.8 Å². The fraction of sp³-hybridized carbons (Fsp3) is 0.588. The summed E-state index contributed by atoms with van der Waals surface area (Å²) in [6, 6.07) is 7.55. The van der Waals surface area contributed by atoms with Gasteiger partial charge < -0.3 is 14.8 Å². The van der Waals surface area contributed by atoms with Crippen LogP contribution in [0.25, 0.3) is 0 Å². The van der Waals surface area contributed by atoms with Crippen LogP contribution in [0, 0.1) is 0 Å². The van der Waals surface area contributed by atoms with Crippen LogP contribution in [0.1, 0.15) is 46.0 Å². The fourth-order valence-corrected chi connectivity index (χ4v) is 2.48. The zero-order valence-electron chi connectivity index (χ0n) is 13.1. The third kappa shape index (κ3) is 3.97. The molecule has 0 radical (unpaired) electrons. The van der Waals surface area contributed by atoms with Gasteiger partial charge in [-0.3, -0.25) is 4.79 Å². The topological polar surface area (TPSA) is 47.6 Å². The number of methoxy groups -OCH3 is 1. The highest BCUT2D eigenvalue weighted by Gasteiger charge is 2.30. The minimum Gasteiger partial charge on any atom is -0.490 e. The minimum atomic E-state index is -0.793. The lowest BCUT2D eigenvalue weighted by molar-refractivity contribution is -0.136. The molecule has 21 heavy (non-hydrogen) atoms. The average Bonchev–Trinajstić information content (AvgIpc) is 3.01. The summed E-state index contributed by atoms with van der Waals surface area (Å²) in [6.07, 6.45) is 5.76. The first-order valence-corrected chi connectivity index (χ1v) is 7.70. The van der Waals surface area contributed by atoms with Crippen molar-refractivity contribution in [3.8, 4) is 5.75 Å². The molecule has 0 saturated heterocycles. The molecule has 1 unspecified atom stereocenters. The molecule has 1 atom stereocenters. The van der Waals surface area contributed by atoms with Gasteiger partial charge in [0.2, 0.25) is 0 Å². The molecule has 1 amide bonds. The Hall–Kier alpha value is -1.55. The summed E-state index contributed by atoms with van der Waals surface area (Å²) in [5, 5.41) is 2.89. The van der Waals surface area contributed by atoms with E-state index in [0.717, 1.165) is 24.3 Å². The summed E-state index contributed by atoms with van der Waals surface area (Å²) in [4.78, 5) is 12.2. The molecule has 4 heteroatoms.